The number of carbonyl (C=O) groups is 1. The molecule has 2 fully saturated rings. The van der Waals surface area contributed by atoms with Crippen LogP contribution in [0.2, 0.25) is 0 Å². The Morgan fingerprint density at radius 1 is 1.31 bits per heavy atom. The van der Waals surface area contributed by atoms with Gasteiger partial charge in [-0.25, -0.2) is 18.4 Å². The fourth-order valence-electron chi connectivity index (χ4n) is 4.25. The lowest BCUT2D eigenvalue weighted by Crippen LogP contribution is -2.52. The van der Waals surface area contributed by atoms with Crippen LogP contribution in [0.25, 0.3) is 11.0 Å². The van der Waals surface area contributed by atoms with E-state index in [1.807, 2.05) is 4.90 Å². The predicted molar refractivity (Wildman–Crippen MR) is 93.1 cm³/mol. The van der Waals surface area contributed by atoms with Gasteiger partial charge in [-0.15, -0.1) is 0 Å². The van der Waals surface area contributed by atoms with Crippen LogP contribution in [-0.4, -0.2) is 62.7 Å². The summed E-state index contributed by atoms with van der Waals surface area (Å²) in [5.74, 6) is -0.0251. The highest BCUT2D eigenvalue weighted by atomic mass is 19.3. The largest absolute Gasteiger partial charge is 0.338 e. The molecule has 6 nitrogen and oxygen atoms in total. The molecule has 0 spiro atoms. The third kappa shape index (κ3) is 2.96. The van der Waals surface area contributed by atoms with Crippen LogP contribution in [0.5, 0.6) is 0 Å². The molecular formula is C18H23F2N5O. The Morgan fingerprint density at radius 2 is 2.12 bits per heavy atom. The van der Waals surface area contributed by atoms with E-state index in [4.69, 9.17) is 0 Å². The van der Waals surface area contributed by atoms with Crippen LogP contribution >= 0.6 is 0 Å². The lowest BCUT2D eigenvalue weighted by atomic mass is 10.1. The molecular weight excluding hydrogens is 340 g/mol. The smallest absolute Gasteiger partial charge is 0.264 e. The summed E-state index contributed by atoms with van der Waals surface area (Å²) in [6.45, 7) is 6.88. The van der Waals surface area contributed by atoms with Crippen LogP contribution in [-0.2, 0) is 11.3 Å². The molecule has 2 aliphatic heterocycles. The van der Waals surface area contributed by atoms with Crippen LogP contribution in [0.15, 0.2) is 6.07 Å². The maximum atomic E-state index is 13.4. The van der Waals surface area contributed by atoms with Gasteiger partial charge in [0.2, 0.25) is 5.91 Å². The van der Waals surface area contributed by atoms with E-state index >= 15 is 0 Å². The highest BCUT2D eigenvalue weighted by Gasteiger charge is 2.32. The zero-order valence-electron chi connectivity index (χ0n) is 15.1. The van der Waals surface area contributed by atoms with E-state index in [1.54, 1.807) is 13.8 Å². The van der Waals surface area contributed by atoms with Crippen molar-refractivity contribution in [1.29, 1.82) is 0 Å². The molecule has 0 aliphatic carbocycles. The van der Waals surface area contributed by atoms with E-state index in [0.29, 0.717) is 35.0 Å². The molecule has 1 atom stereocenters. The third-order valence-corrected chi connectivity index (χ3v) is 5.50. The molecule has 0 radical (unpaired) electrons. The summed E-state index contributed by atoms with van der Waals surface area (Å²) in [6.07, 6.45) is -0.275. The SMILES string of the molecule is Cc1cc(C(F)F)c2c(C)nn(CC(=O)N3CCN4CCCC4C3)c2n1. The molecule has 8 heteroatoms. The van der Waals surface area contributed by atoms with Crippen molar-refractivity contribution in [2.45, 2.75) is 45.7 Å². The molecule has 0 aromatic carbocycles. The van der Waals surface area contributed by atoms with E-state index in [-0.39, 0.29) is 18.0 Å². The fraction of sp³-hybridized carbons (Fsp3) is 0.611. The molecule has 2 aromatic rings. The molecule has 0 bridgehead atoms. The van der Waals surface area contributed by atoms with Crippen molar-refractivity contribution in [3.63, 3.8) is 0 Å². The number of rotatable bonds is 3. The van der Waals surface area contributed by atoms with Crippen molar-refractivity contribution in [2.75, 3.05) is 26.2 Å². The van der Waals surface area contributed by atoms with Gasteiger partial charge in [0.1, 0.15) is 6.54 Å². The third-order valence-electron chi connectivity index (χ3n) is 5.50. The van der Waals surface area contributed by atoms with E-state index in [1.165, 1.54) is 17.2 Å². The second-order valence-corrected chi connectivity index (χ2v) is 7.27. The summed E-state index contributed by atoms with van der Waals surface area (Å²) < 4.78 is 28.3. The number of alkyl halides is 2. The molecule has 4 heterocycles. The van der Waals surface area contributed by atoms with Crippen molar-refractivity contribution in [1.82, 2.24) is 24.6 Å². The second-order valence-electron chi connectivity index (χ2n) is 7.27. The van der Waals surface area contributed by atoms with Crippen molar-refractivity contribution in [3.05, 3.63) is 23.0 Å². The van der Waals surface area contributed by atoms with Gasteiger partial charge in [0.25, 0.3) is 6.43 Å². The summed E-state index contributed by atoms with van der Waals surface area (Å²) in [6, 6.07) is 1.85. The highest BCUT2D eigenvalue weighted by Crippen LogP contribution is 2.30. The Balaban J connectivity index is 1.60. The number of piperazine rings is 1. The zero-order valence-corrected chi connectivity index (χ0v) is 15.1. The average molecular weight is 363 g/mol. The predicted octanol–water partition coefficient (Wildman–Crippen LogP) is 2.29. The van der Waals surface area contributed by atoms with Crippen LogP contribution in [0.1, 0.15) is 36.2 Å². The van der Waals surface area contributed by atoms with Gasteiger partial charge in [-0.2, -0.15) is 5.10 Å². The van der Waals surface area contributed by atoms with Crippen molar-refractivity contribution < 1.29 is 13.6 Å². The van der Waals surface area contributed by atoms with Gasteiger partial charge in [0.15, 0.2) is 5.65 Å². The standard InChI is InChI=1S/C18H23F2N5O/c1-11-8-14(17(19)20)16-12(2)22-25(18(16)21-11)10-15(26)24-7-6-23-5-3-4-13(23)9-24/h8,13,17H,3-7,9-10H2,1-2H3. The maximum Gasteiger partial charge on any atom is 0.264 e. The van der Waals surface area contributed by atoms with Crippen molar-refractivity contribution >= 4 is 16.9 Å². The summed E-state index contributed by atoms with van der Waals surface area (Å²) in [7, 11) is 0. The first-order chi connectivity index (χ1) is 12.4. The molecule has 2 aromatic heterocycles. The minimum absolute atomic E-state index is 0.0251. The van der Waals surface area contributed by atoms with Crippen LogP contribution in [0.3, 0.4) is 0 Å². The highest BCUT2D eigenvalue weighted by molar-refractivity contribution is 5.84. The molecule has 2 saturated heterocycles. The second kappa shape index (κ2) is 6.57. The number of hydrogen-bond acceptors (Lipinski definition) is 4. The summed E-state index contributed by atoms with van der Waals surface area (Å²) in [5.41, 5.74) is 1.28. The molecule has 2 aliphatic rings. The van der Waals surface area contributed by atoms with Gasteiger partial charge in [-0.3, -0.25) is 9.69 Å². The quantitative estimate of drug-likeness (QED) is 0.840. The van der Waals surface area contributed by atoms with Crippen LogP contribution < -0.4 is 0 Å². The van der Waals surface area contributed by atoms with Gasteiger partial charge in [0, 0.05) is 36.9 Å². The molecule has 140 valence electrons. The summed E-state index contributed by atoms with van der Waals surface area (Å²) in [5, 5.41) is 4.70. The number of fused-ring (bicyclic) bond motifs is 2. The van der Waals surface area contributed by atoms with Gasteiger partial charge in [-0.05, 0) is 39.3 Å². The topological polar surface area (TPSA) is 54.3 Å². The summed E-state index contributed by atoms with van der Waals surface area (Å²) >= 11 is 0. The molecule has 26 heavy (non-hydrogen) atoms. The lowest BCUT2D eigenvalue weighted by Gasteiger charge is -2.37. The Morgan fingerprint density at radius 3 is 2.88 bits per heavy atom. The van der Waals surface area contributed by atoms with Gasteiger partial charge < -0.3 is 4.90 Å². The van der Waals surface area contributed by atoms with Gasteiger partial charge in [0.05, 0.1) is 11.1 Å². The number of nitrogens with zero attached hydrogens (tertiary/aromatic N) is 5. The lowest BCUT2D eigenvalue weighted by molar-refractivity contribution is -0.134. The minimum Gasteiger partial charge on any atom is -0.338 e. The normalized spacial score (nSPS) is 21.0. The Labute approximate surface area is 150 Å². The van der Waals surface area contributed by atoms with Crippen molar-refractivity contribution in [3.8, 4) is 0 Å². The van der Waals surface area contributed by atoms with Crippen LogP contribution in [0, 0.1) is 13.8 Å². The first-order valence-electron chi connectivity index (χ1n) is 9.08. The number of hydrogen-bond donors (Lipinski definition) is 0. The minimum atomic E-state index is -2.60. The first kappa shape index (κ1) is 17.3. The van der Waals surface area contributed by atoms with Crippen molar-refractivity contribution in [2.24, 2.45) is 0 Å². The summed E-state index contributed by atoms with van der Waals surface area (Å²) in [4.78, 5) is 21.5. The van der Waals surface area contributed by atoms with E-state index in [9.17, 15) is 13.6 Å². The fourth-order valence-corrected chi connectivity index (χ4v) is 4.25. The molecule has 4 rings (SSSR count). The number of amides is 1. The van der Waals surface area contributed by atoms with E-state index in [2.05, 4.69) is 15.0 Å². The van der Waals surface area contributed by atoms with E-state index in [0.717, 1.165) is 26.1 Å². The van der Waals surface area contributed by atoms with Crippen LogP contribution in [0.4, 0.5) is 8.78 Å². The molecule has 0 saturated carbocycles. The maximum absolute atomic E-state index is 13.4. The van der Waals surface area contributed by atoms with E-state index < -0.39 is 6.43 Å². The number of aryl methyl sites for hydroxylation is 2. The zero-order chi connectivity index (χ0) is 18.4. The van der Waals surface area contributed by atoms with Gasteiger partial charge >= 0.3 is 0 Å². The Kier molecular flexibility index (Phi) is 4.38. The number of aromatic nitrogens is 3. The number of halogens is 2. The molecule has 1 amide bonds. The number of pyridine rings is 1. The molecule has 0 N–H and O–H groups in total. The van der Waals surface area contributed by atoms with Gasteiger partial charge in [-0.1, -0.05) is 0 Å². The average Bonchev–Trinajstić information content (AvgIpc) is 3.18. The Bertz CT molecular complexity index is 850. The monoisotopic (exact) mass is 363 g/mol. The first-order valence-corrected chi connectivity index (χ1v) is 9.08. The Hall–Kier alpha value is -2.09. The number of carbonyl (C=O) groups excluding carboxylic acids is 1. The molecule has 1 unspecified atom stereocenters.